The molecule has 1 aromatic carbocycles. The van der Waals surface area contributed by atoms with E-state index in [0.29, 0.717) is 49.3 Å². The number of piperazine rings is 1. The van der Waals surface area contributed by atoms with Gasteiger partial charge in [-0.05, 0) is 62.9 Å². The molecule has 2 fully saturated rings. The van der Waals surface area contributed by atoms with E-state index in [1.54, 1.807) is 23.1 Å². The van der Waals surface area contributed by atoms with Crippen molar-refractivity contribution in [3.8, 4) is 11.3 Å². The molecule has 0 spiro atoms. The van der Waals surface area contributed by atoms with E-state index in [1.165, 1.54) is 12.1 Å². The van der Waals surface area contributed by atoms with Crippen LogP contribution in [0.3, 0.4) is 0 Å². The van der Waals surface area contributed by atoms with Crippen molar-refractivity contribution in [3.63, 3.8) is 0 Å². The van der Waals surface area contributed by atoms with Crippen molar-refractivity contribution in [2.75, 3.05) is 19.6 Å². The molecule has 1 N–H and O–H groups in total. The molecule has 2 aliphatic rings. The molecule has 1 aliphatic carbocycles. The van der Waals surface area contributed by atoms with Gasteiger partial charge in [-0.1, -0.05) is 13.8 Å². The molecule has 5 rings (SSSR count). The highest BCUT2D eigenvalue weighted by Gasteiger charge is 2.43. The molecule has 0 bridgehead atoms. The van der Waals surface area contributed by atoms with Gasteiger partial charge in [-0.2, -0.15) is 0 Å². The zero-order valence-corrected chi connectivity index (χ0v) is 21.1. The zero-order valence-electron chi connectivity index (χ0n) is 21.1. The minimum Gasteiger partial charge on any atom is -0.449 e. The SMILES string of the molecule is CC(C)c1cc(-c2ccc(F)cc2)nc2cc(C(=O)N3CCN(C(=O)[C@H]4C[C@@H](O)C4)CC3(C)C)oc12. The van der Waals surface area contributed by atoms with Crippen LogP contribution in [0.1, 0.15) is 62.6 Å². The smallest absolute Gasteiger partial charge is 0.290 e. The molecule has 36 heavy (non-hydrogen) atoms. The Kier molecular flexibility index (Phi) is 6.11. The number of furan rings is 1. The van der Waals surface area contributed by atoms with Crippen LogP contribution in [0.5, 0.6) is 0 Å². The second-order valence-electron chi connectivity index (χ2n) is 10.9. The normalized spacial score (nSPS) is 21.6. The topological polar surface area (TPSA) is 86.9 Å². The summed E-state index contributed by atoms with van der Waals surface area (Å²) < 4.78 is 19.5. The molecule has 8 heteroatoms. The summed E-state index contributed by atoms with van der Waals surface area (Å²) in [4.78, 5) is 34.7. The summed E-state index contributed by atoms with van der Waals surface area (Å²) in [6.07, 6.45) is 0.654. The van der Waals surface area contributed by atoms with Gasteiger partial charge in [-0.3, -0.25) is 9.59 Å². The van der Waals surface area contributed by atoms with Crippen LogP contribution < -0.4 is 0 Å². The Morgan fingerprint density at radius 2 is 1.83 bits per heavy atom. The Morgan fingerprint density at radius 3 is 2.44 bits per heavy atom. The molecule has 2 amide bonds. The summed E-state index contributed by atoms with van der Waals surface area (Å²) in [5.74, 6) is -0.269. The van der Waals surface area contributed by atoms with E-state index in [4.69, 9.17) is 9.40 Å². The van der Waals surface area contributed by atoms with E-state index in [-0.39, 0.29) is 41.3 Å². The molecule has 2 aromatic heterocycles. The van der Waals surface area contributed by atoms with E-state index >= 15 is 0 Å². The van der Waals surface area contributed by atoms with Crippen LogP contribution in [0.4, 0.5) is 4.39 Å². The number of pyridine rings is 1. The molecule has 3 aromatic rings. The van der Waals surface area contributed by atoms with Crippen molar-refractivity contribution in [1.29, 1.82) is 0 Å². The van der Waals surface area contributed by atoms with Crippen LogP contribution >= 0.6 is 0 Å². The van der Waals surface area contributed by atoms with Crippen LogP contribution in [0.15, 0.2) is 40.8 Å². The Hall–Kier alpha value is -3.26. The molecule has 0 atom stereocenters. The van der Waals surface area contributed by atoms with Gasteiger partial charge in [0.25, 0.3) is 5.91 Å². The fraction of sp³-hybridized carbons (Fsp3) is 0.464. The van der Waals surface area contributed by atoms with Crippen molar-refractivity contribution >= 4 is 22.9 Å². The van der Waals surface area contributed by atoms with Crippen LogP contribution in [-0.4, -0.2) is 63.0 Å². The summed E-state index contributed by atoms with van der Waals surface area (Å²) in [5, 5.41) is 9.56. The predicted molar refractivity (Wildman–Crippen MR) is 134 cm³/mol. The molecule has 1 saturated heterocycles. The van der Waals surface area contributed by atoms with Crippen LogP contribution in [0.25, 0.3) is 22.4 Å². The second-order valence-corrected chi connectivity index (χ2v) is 10.9. The monoisotopic (exact) mass is 493 g/mol. The van der Waals surface area contributed by atoms with Gasteiger partial charge in [0, 0.05) is 42.7 Å². The Morgan fingerprint density at radius 1 is 1.14 bits per heavy atom. The van der Waals surface area contributed by atoms with Gasteiger partial charge in [-0.15, -0.1) is 0 Å². The maximum Gasteiger partial charge on any atom is 0.290 e. The zero-order chi connectivity index (χ0) is 25.8. The maximum absolute atomic E-state index is 13.6. The quantitative estimate of drug-likeness (QED) is 0.575. The molecular formula is C28H32FN3O4. The van der Waals surface area contributed by atoms with Crippen molar-refractivity contribution < 1.29 is 23.5 Å². The number of hydrogen-bond donors (Lipinski definition) is 1. The number of carbonyl (C=O) groups excluding carboxylic acids is 2. The summed E-state index contributed by atoms with van der Waals surface area (Å²) >= 11 is 0. The predicted octanol–water partition coefficient (Wildman–Crippen LogP) is 4.59. The highest BCUT2D eigenvalue weighted by Crippen LogP contribution is 2.34. The number of carbonyl (C=O) groups is 2. The number of aliphatic hydroxyl groups is 1. The summed E-state index contributed by atoms with van der Waals surface area (Å²) in [5.41, 5.74) is 2.98. The average molecular weight is 494 g/mol. The number of aliphatic hydroxyl groups excluding tert-OH is 1. The minimum absolute atomic E-state index is 0.0586. The number of benzene rings is 1. The number of rotatable bonds is 4. The van der Waals surface area contributed by atoms with E-state index in [2.05, 4.69) is 0 Å². The van der Waals surface area contributed by atoms with E-state index in [1.807, 2.05) is 38.7 Å². The van der Waals surface area contributed by atoms with Gasteiger partial charge in [0.1, 0.15) is 11.3 Å². The third kappa shape index (κ3) is 4.39. The molecule has 1 saturated carbocycles. The lowest BCUT2D eigenvalue weighted by molar-refractivity contribution is -0.146. The first kappa shape index (κ1) is 24.4. The summed E-state index contributed by atoms with van der Waals surface area (Å²) in [7, 11) is 0. The Balaban J connectivity index is 1.42. The van der Waals surface area contributed by atoms with E-state index in [0.717, 1.165) is 11.1 Å². The third-order valence-corrected chi connectivity index (χ3v) is 7.40. The first-order valence-electron chi connectivity index (χ1n) is 12.5. The number of hydrogen-bond acceptors (Lipinski definition) is 5. The first-order chi connectivity index (χ1) is 17.0. The maximum atomic E-state index is 13.6. The average Bonchev–Trinajstić information content (AvgIpc) is 3.24. The molecular weight excluding hydrogens is 461 g/mol. The number of nitrogens with zero attached hydrogens (tertiary/aromatic N) is 3. The second kappa shape index (κ2) is 9.00. The van der Waals surface area contributed by atoms with Gasteiger partial charge < -0.3 is 19.3 Å². The largest absolute Gasteiger partial charge is 0.449 e. The Labute approximate surface area is 209 Å². The van der Waals surface area contributed by atoms with E-state index < -0.39 is 5.54 Å². The van der Waals surface area contributed by atoms with E-state index in [9.17, 15) is 19.1 Å². The fourth-order valence-electron chi connectivity index (χ4n) is 5.25. The van der Waals surface area contributed by atoms with Crippen molar-refractivity contribution in [1.82, 2.24) is 14.8 Å². The van der Waals surface area contributed by atoms with Crippen LogP contribution in [-0.2, 0) is 4.79 Å². The van der Waals surface area contributed by atoms with Crippen LogP contribution in [0.2, 0.25) is 0 Å². The van der Waals surface area contributed by atoms with Crippen molar-refractivity contribution in [3.05, 3.63) is 53.5 Å². The molecule has 0 unspecified atom stereocenters. The number of amides is 2. The van der Waals surface area contributed by atoms with Gasteiger partial charge in [0.2, 0.25) is 5.91 Å². The third-order valence-electron chi connectivity index (χ3n) is 7.40. The lowest BCUT2D eigenvalue weighted by Crippen LogP contribution is -2.63. The number of fused-ring (bicyclic) bond motifs is 1. The first-order valence-corrected chi connectivity index (χ1v) is 12.5. The summed E-state index contributed by atoms with van der Waals surface area (Å²) in [6.45, 7) is 9.27. The lowest BCUT2D eigenvalue weighted by atomic mass is 9.81. The molecule has 190 valence electrons. The Bertz CT molecular complexity index is 1310. The van der Waals surface area contributed by atoms with Gasteiger partial charge in [-0.25, -0.2) is 9.37 Å². The summed E-state index contributed by atoms with van der Waals surface area (Å²) in [6, 6.07) is 9.80. The van der Waals surface area contributed by atoms with Gasteiger partial charge >= 0.3 is 0 Å². The van der Waals surface area contributed by atoms with Crippen molar-refractivity contribution in [2.45, 2.75) is 58.1 Å². The highest BCUT2D eigenvalue weighted by atomic mass is 19.1. The molecule has 1 aliphatic heterocycles. The molecule has 0 radical (unpaired) electrons. The highest BCUT2D eigenvalue weighted by molar-refractivity contribution is 5.97. The molecule has 3 heterocycles. The molecule has 7 nitrogen and oxygen atoms in total. The van der Waals surface area contributed by atoms with Gasteiger partial charge in [0.05, 0.1) is 17.3 Å². The van der Waals surface area contributed by atoms with Gasteiger partial charge in [0.15, 0.2) is 11.3 Å². The number of aromatic nitrogens is 1. The minimum atomic E-state index is -0.583. The van der Waals surface area contributed by atoms with Crippen LogP contribution in [0, 0.1) is 11.7 Å². The standard InChI is InChI=1S/C28H32FN3O4/c1-16(2)21-13-22(17-5-7-19(29)8-6-17)30-23-14-24(36-25(21)23)27(35)32-10-9-31(15-28(32,3)4)26(34)18-11-20(33)12-18/h5-8,13-14,16,18,20,33H,9-12,15H2,1-4H3/t18-,20+. The lowest BCUT2D eigenvalue weighted by Gasteiger charge is -2.48. The number of halogens is 1. The fourth-order valence-corrected chi connectivity index (χ4v) is 5.25. The van der Waals surface area contributed by atoms with Crippen molar-refractivity contribution in [2.24, 2.45) is 5.92 Å².